The zero-order chi connectivity index (χ0) is 37.3. The Bertz CT molecular complexity index is 1660. The Balaban J connectivity index is 0.000000251. The molecule has 272 valence electrons. The van der Waals surface area contributed by atoms with Crippen molar-refractivity contribution in [2.24, 2.45) is 11.8 Å². The van der Waals surface area contributed by atoms with Crippen LogP contribution in [-0.2, 0) is 30.3 Å². The summed E-state index contributed by atoms with van der Waals surface area (Å²) in [7, 11) is 1.34. The lowest BCUT2D eigenvalue weighted by Gasteiger charge is -2.41. The van der Waals surface area contributed by atoms with E-state index in [-0.39, 0.29) is 29.7 Å². The summed E-state index contributed by atoms with van der Waals surface area (Å²) in [6, 6.07) is 25.7. The van der Waals surface area contributed by atoms with Crippen molar-refractivity contribution in [3.05, 3.63) is 96.1 Å². The van der Waals surface area contributed by atoms with Gasteiger partial charge in [-0.1, -0.05) is 48.5 Å². The van der Waals surface area contributed by atoms with Gasteiger partial charge in [0, 0.05) is 37.6 Å². The smallest absolute Gasteiger partial charge is 0.410 e. The number of hydrogen-bond acceptors (Lipinski definition) is 8. The number of hydrogen-bond donors (Lipinski definition) is 1. The number of likely N-dealkylation sites (tertiary alicyclic amines) is 2. The first-order chi connectivity index (χ1) is 24.0. The third-order valence-corrected chi connectivity index (χ3v) is 7.88. The first kappa shape index (κ1) is 38.4. The fourth-order valence-corrected chi connectivity index (χ4v) is 5.17. The lowest BCUT2D eigenvalue weighted by atomic mass is 9.98. The highest BCUT2D eigenvalue weighted by molar-refractivity contribution is 5.97. The fraction of sp³-hybridized carbons (Fsp3) is 0.410. The van der Waals surface area contributed by atoms with Crippen LogP contribution in [0.2, 0.25) is 0 Å². The molecule has 0 spiro atoms. The molecule has 2 aliphatic rings. The molecule has 3 aromatic rings. The number of ether oxygens (including phenoxy) is 3. The van der Waals surface area contributed by atoms with E-state index in [0.717, 1.165) is 16.9 Å². The summed E-state index contributed by atoms with van der Waals surface area (Å²) < 4.78 is 15.3. The van der Waals surface area contributed by atoms with Gasteiger partial charge in [0.1, 0.15) is 11.2 Å². The predicted octanol–water partition coefficient (Wildman–Crippen LogP) is 6.37. The van der Waals surface area contributed by atoms with Gasteiger partial charge in [0.15, 0.2) is 0 Å². The fourth-order valence-electron chi connectivity index (χ4n) is 5.17. The molecule has 2 fully saturated rings. The lowest BCUT2D eigenvalue weighted by molar-refractivity contribution is -0.127. The van der Waals surface area contributed by atoms with Crippen molar-refractivity contribution in [2.75, 3.05) is 43.5 Å². The molecule has 0 aromatic heterocycles. The summed E-state index contributed by atoms with van der Waals surface area (Å²) in [6.07, 6.45) is -0.762. The van der Waals surface area contributed by atoms with Crippen LogP contribution >= 0.6 is 0 Å². The van der Waals surface area contributed by atoms with E-state index in [1.807, 2.05) is 114 Å². The molecule has 0 saturated carbocycles. The van der Waals surface area contributed by atoms with Crippen LogP contribution in [0.5, 0.6) is 0 Å². The SMILES string of the molecule is CC(C)(C)OC(=O)N1CC(C(=O)Nc2ccccc2)C1.COC(=O)c1ccc(CN(C(=O)C2CN(C(=O)OC(C)(C)C)C2)c2ccccc2)cc1. The Morgan fingerprint density at radius 1 is 0.686 bits per heavy atom. The molecule has 12 heteroatoms. The van der Waals surface area contributed by atoms with Gasteiger partial charge in [-0.05, 0) is 83.5 Å². The van der Waals surface area contributed by atoms with Crippen LogP contribution in [0.15, 0.2) is 84.9 Å². The molecular weight excluding hydrogens is 652 g/mol. The first-order valence-electron chi connectivity index (χ1n) is 16.9. The van der Waals surface area contributed by atoms with E-state index >= 15 is 0 Å². The molecule has 51 heavy (non-hydrogen) atoms. The molecule has 0 radical (unpaired) electrons. The van der Waals surface area contributed by atoms with Gasteiger partial charge >= 0.3 is 18.2 Å². The van der Waals surface area contributed by atoms with E-state index < -0.39 is 23.3 Å². The molecule has 0 bridgehead atoms. The van der Waals surface area contributed by atoms with Gasteiger partial charge < -0.3 is 34.2 Å². The van der Waals surface area contributed by atoms with Gasteiger partial charge in [0.05, 0.1) is 31.1 Å². The van der Waals surface area contributed by atoms with Gasteiger partial charge in [-0.15, -0.1) is 0 Å². The maximum atomic E-state index is 13.3. The molecule has 2 heterocycles. The number of methoxy groups -OCH3 is 1. The van der Waals surface area contributed by atoms with Gasteiger partial charge in [-0.2, -0.15) is 0 Å². The van der Waals surface area contributed by atoms with Crippen molar-refractivity contribution in [1.29, 1.82) is 0 Å². The van der Waals surface area contributed by atoms with Crippen LogP contribution in [0.25, 0.3) is 0 Å². The molecule has 3 aromatic carbocycles. The first-order valence-corrected chi connectivity index (χ1v) is 16.9. The minimum Gasteiger partial charge on any atom is -0.465 e. The van der Waals surface area contributed by atoms with E-state index in [1.165, 1.54) is 7.11 Å². The van der Waals surface area contributed by atoms with Crippen LogP contribution in [0.4, 0.5) is 21.0 Å². The van der Waals surface area contributed by atoms with Crippen LogP contribution in [0, 0.1) is 11.8 Å². The average Bonchev–Trinajstić information content (AvgIpc) is 3.01. The van der Waals surface area contributed by atoms with Gasteiger partial charge in [0.25, 0.3) is 0 Å². The number of rotatable bonds is 7. The Labute approximate surface area is 299 Å². The minimum absolute atomic E-state index is 0.0527. The van der Waals surface area contributed by atoms with Crippen molar-refractivity contribution < 1.29 is 38.2 Å². The third-order valence-electron chi connectivity index (χ3n) is 7.88. The summed E-state index contributed by atoms with van der Waals surface area (Å²) in [5.41, 5.74) is 1.81. The second-order valence-corrected chi connectivity index (χ2v) is 14.5. The number of esters is 1. The number of anilines is 2. The molecule has 0 unspecified atom stereocenters. The number of carbonyl (C=O) groups excluding carboxylic acids is 5. The Hall–Kier alpha value is -5.39. The zero-order valence-corrected chi connectivity index (χ0v) is 30.4. The highest BCUT2D eigenvalue weighted by Gasteiger charge is 2.40. The monoisotopic (exact) mass is 700 g/mol. The maximum Gasteiger partial charge on any atom is 0.410 e. The van der Waals surface area contributed by atoms with E-state index in [2.05, 4.69) is 5.32 Å². The van der Waals surface area contributed by atoms with Crippen LogP contribution in [0.1, 0.15) is 57.5 Å². The van der Waals surface area contributed by atoms with Crippen molar-refractivity contribution in [1.82, 2.24) is 9.80 Å². The zero-order valence-electron chi connectivity index (χ0n) is 30.4. The van der Waals surface area contributed by atoms with Crippen molar-refractivity contribution in [2.45, 2.75) is 59.3 Å². The number of amides is 4. The molecule has 1 N–H and O–H groups in total. The Morgan fingerprint density at radius 2 is 1.16 bits per heavy atom. The summed E-state index contributed by atoms with van der Waals surface area (Å²) in [6.45, 7) is 12.8. The average molecular weight is 701 g/mol. The second kappa shape index (κ2) is 16.5. The number of carbonyl (C=O) groups is 5. The molecule has 0 aliphatic carbocycles. The lowest BCUT2D eigenvalue weighted by Crippen LogP contribution is -2.57. The molecule has 4 amide bonds. The molecule has 2 aliphatic heterocycles. The van der Waals surface area contributed by atoms with Crippen molar-refractivity contribution in [3.63, 3.8) is 0 Å². The number of nitrogens with one attached hydrogen (secondary N) is 1. The highest BCUT2D eigenvalue weighted by atomic mass is 16.6. The molecular formula is C39H48N4O8. The third kappa shape index (κ3) is 11.3. The summed E-state index contributed by atoms with van der Waals surface area (Å²) in [5.74, 6) is -0.969. The predicted molar refractivity (Wildman–Crippen MR) is 193 cm³/mol. The maximum absolute atomic E-state index is 13.3. The Morgan fingerprint density at radius 3 is 1.63 bits per heavy atom. The van der Waals surface area contributed by atoms with Gasteiger partial charge in [-0.25, -0.2) is 14.4 Å². The normalized spacial score (nSPS) is 14.5. The van der Waals surface area contributed by atoms with Gasteiger partial charge in [-0.3, -0.25) is 9.59 Å². The molecule has 12 nitrogen and oxygen atoms in total. The van der Waals surface area contributed by atoms with Crippen molar-refractivity contribution in [3.8, 4) is 0 Å². The van der Waals surface area contributed by atoms with E-state index in [0.29, 0.717) is 38.3 Å². The topological polar surface area (TPSA) is 135 Å². The summed E-state index contributed by atoms with van der Waals surface area (Å²) in [5, 5.41) is 2.83. The standard InChI is InChI=1S/C24H28N2O5.C15H20N2O3/c1-24(2,3)31-23(29)25-15-19(16-25)21(27)26(20-8-6-5-7-9-20)14-17-10-12-18(13-11-17)22(28)30-4;1-15(2,3)20-14(19)17-9-11(10-17)13(18)16-12-7-5-4-6-8-12/h5-13,19H,14-16H2,1-4H3;4-8,11H,9-10H2,1-3H3,(H,16,18). The summed E-state index contributed by atoms with van der Waals surface area (Å²) in [4.78, 5) is 65.6. The van der Waals surface area contributed by atoms with Crippen LogP contribution in [0.3, 0.4) is 0 Å². The van der Waals surface area contributed by atoms with Crippen LogP contribution in [-0.4, -0.2) is 84.3 Å². The molecule has 2 saturated heterocycles. The van der Waals surface area contributed by atoms with Gasteiger partial charge in [0.2, 0.25) is 11.8 Å². The van der Waals surface area contributed by atoms with E-state index in [4.69, 9.17) is 14.2 Å². The summed E-state index contributed by atoms with van der Waals surface area (Å²) >= 11 is 0. The number of para-hydroxylation sites is 2. The number of benzene rings is 3. The molecule has 0 atom stereocenters. The van der Waals surface area contributed by atoms with Crippen molar-refractivity contribution >= 4 is 41.3 Å². The highest BCUT2D eigenvalue weighted by Crippen LogP contribution is 2.26. The second-order valence-electron chi connectivity index (χ2n) is 14.5. The van der Waals surface area contributed by atoms with E-state index in [9.17, 15) is 24.0 Å². The number of nitrogens with zero attached hydrogens (tertiary/aromatic N) is 3. The molecule has 5 rings (SSSR count). The van der Waals surface area contributed by atoms with Crippen LogP contribution < -0.4 is 10.2 Å². The quantitative estimate of drug-likeness (QED) is 0.222. The van der Waals surface area contributed by atoms with E-state index in [1.54, 1.807) is 26.8 Å². The Kier molecular flexibility index (Phi) is 12.5. The largest absolute Gasteiger partial charge is 0.465 e. The minimum atomic E-state index is -0.571.